The van der Waals surface area contributed by atoms with Gasteiger partial charge in [0.1, 0.15) is 0 Å². The second-order valence-electron chi connectivity index (χ2n) is 7.65. The number of aromatic nitrogens is 1. The maximum atomic E-state index is 14.3. The molecule has 2 aromatic carbocycles. The summed E-state index contributed by atoms with van der Waals surface area (Å²) in [5.41, 5.74) is 0.737. The minimum absolute atomic E-state index is 0.0355. The lowest BCUT2D eigenvalue weighted by Gasteiger charge is -2.10. The van der Waals surface area contributed by atoms with Crippen LogP contribution in [0.1, 0.15) is 35.0 Å². The zero-order chi connectivity index (χ0) is 24.1. The minimum atomic E-state index is -3.90. The highest BCUT2D eigenvalue weighted by molar-refractivity contribution is 7.91. The smallest absolute Gasteiger partial charge is 0.261 e. The molecule has 0 spiro atoms. The predicted octanol–water partition coefficient (Wildman–Crippen LogP) is 5.38. The lowest BCUT2D eigenvalue weighted by molar-refractivity contribution is 0.0955. The summed E-state index contributed by atoms with van der Waals surface area (Å²) in [6.07, 6.45) is 5.09. The molecular weight excluding hydrogens is 475 g/mol. The standard InChI is InChI=1S/C25H23FN2O4S2/c1-2-3-12-32-22-9-8-20(14-21(22)26)34(30,31)19-6-4-17(5-7-19)15-28-25(29)23-13-18-10-11-27-16-24(18)33-23/h4-11,13-14,16H,2-3,12,15H2,1H3,(H,28,29). The molecule has 0 aliphatic rings. The van der Waals surface area contributed by atoms with Gasteiger partial charge in [0.2, 0.25) is 9.84 Å². The number of sulfone groups is 1. The van der Waals surface area contributed by atoms with Crippen LogP contribution in [0, 0.1) is 5.82 Å². The van der Waals surface area contributed by atoms with Crippen LogP contribution in [0.4, 0.5) is 4.39 Å². The molecule has 0 saturated carbocycles. The van der Waals surface area contributed by atoms with Crippen LogP contribution in [-0.2, 0) is 16.4 Å². The van der Waals surface area contributed by atoms with E-state index in [4.69, 9.17) is 4.74 Å². The lowest BCUT2D eigenvalue weighted by Crippen LogP contribution is -2.21. The number of ether oxygens (including phenoxy) is 1. The average Bonchev–Trinajstić information content (AvgIpc) is 3.28. The Bertz CT molecular complexity index is 1380. The van der Waals surface area contributed by atoms with Gasteiger partial charge in [-0.2, -0.15) is 0 Å². The Balaban J connectivity index is 1.42. The van der Waals surface area contributed by atoms with E-state index in [0.717, 1.165) is 34.6 Å². The van der Waals surface area contributed by atoms with Gasteiger partial charge in [0, 0.05) is 18.9 Å². The van der Waals surface area contributed by atoms with Gasteiger partial charge in [0.15, 0.2) is 11.6 Å². The Morgan fingerprint density at radius 1 is 1.09 bits per heavy atom. The van der Waals surface area contributed by atoms with Crippen molar-refractivity contribution in [3.05, 3.63) is 83.2 Å². The highest BCUT2D eigenvalue weighted by atomic mass is 32.2. The molecule has 2 heterocycles. The number of rotatable bonds is 9. The molecule has 0 bridgehead atoms. The van der Waals surface area contributed by atoms with Crippen molar-refractivity contribution in [1.82, 2.24) is 10.3 Å². The number of thiophene rings is 1. The molecule has 0 aliphatic carbocycles. The van der Waals surface area contributed by atoms with Crippen LogP contribution >= 0.6 is 11.3 Å². The first-order valence-electron chi connectivity index (χ1n) is 10.8. The average molecular weight is 499 g/mol. The van der Waals surface area contributed by atoms with Crippen molar-refractivity contribution in [2.45, 2.75) is 36.1 Å². The number of benzene rings is 2. The molecule has 0 fully saturated rings. The molecule has 9 heteroatoms. The van der Waals surface area contributed by atoms with Crippen LogP contribution < -0.4 is 10.1 Å². The van der Waals surface area contributed by atoms with Crippen LogP contribution in [0.25, 0.3) is 10.1 Å². The molecule has 1 amide bonds. The monoisotopic (exact) mass is 498 g/mol. The number of hydrogen-bond acceptors (Lipinski definition) is 6. The maximum Gasteiger partial charge on any atom is 0.261 e. The van der Waals surface area contributed by atoms with Crippen LogP contribution in [0.3, 0.4) is 0 Å². The van der Waals surface area contributed by atoms with E-state index >= 15 is 0 Å². The van der Waals surface area contributed by atoms with Gasteiger partial charge in [-0.3, -0.25) is 9.78 Å². The number of nitrogens with zero attached hydrogens (tertiary/aromatic N) is 1. The van der Waals surface area contributed by atoms with Crippen LogP contribution in [0.2, 0.25) is 0 Å². The minimum Gasteiger partial charge on any atom is -0.491 e. The van der Waals surface area contributed by atoms with Crippen LogP contribution in [-0.4, -0.2) is 25.9 Å². The lowest BCUT2D eigenvalue weighted by atomic mass is 10.2. The number of fused-ring (bicyclic) bond motifs is 1. The SMILES string of the molecule is CCCCOc1ccc(S(=O)(=O)c2ccc(CNC(=O)c3cc4ccncc4s3)cc2)cc1F. The Kier molecular flexibility index (Phi) is 7.23. The number of hydrogen-bond donors (Lipinski definition) is 1. The van der Waals surface area contributed by atoms with Crippen molar-refractivity contribution in [3.8, 4) is 5.75 Å². The number of carbonyl (C=O) groups is 1. The largest absolute Gasteiger partial charge is 0.491 e. The first-order chi connectivity index (χ1) is 16.4. The van der Waals surface area contributed by atoms with E-state index in [0.29, 0.717) is 11.5 Å². The van der Waals surface area contributed by atoms with E-state index in [1.54, 1.807) is 24.5 Å². The van der Waals surface area contributed by atoms with Crippen molar-refractivity contribution in [1.29, 1.82) is 0 Å². The summed E-state index contributed by atoms with van der Waals surface area (Å²) in [5.74, 6) is -0.892. The number of unbranched alkanes of at least 4 members (excludes halogenated alkanes) is 1. The van der Waals surface area contributed by atoms with E-state index in [9.17, 15) is 17.6 Å². The van der Waals surface area contributed by atoms with E-state index in [2.05, 4.69) is 10.3 Å². The van der Waals surface area contributed by atoms with Gasteiger partial charge < -0.3 is 10.1 Å². The van der Waals surface area contributed by atoms with Gasteiger partial charge in [0.05, 0.1) is 26.0 Å². The molecule has 2 aromatic heterocycles. The van der Waals surface area contributed by atoms with Gasteiger partial charge in [-0.05, 0) is 59.8 Å². The van der Waals surface area contributed by atoms with Crippen molar-refractivity contribution in [3.63, 3.8) is 0 Å². The third-order valence-corrected chi connectivity index (χ3v) is 8.05. The Morgan fingerprint density at radius 2 is 1.85 bits per heavy atom. The molecule has 0 atom stereocenters. The maximum absolute atomic E-state index is 14.3. The molecule has 34 heavy (non-hydrogen) atoms. The summed E-state index contributed by atoms with van der Waals surface area (Å²) in [5, 5.41) is 3.79. The Hall–Kier alpha value is -3.30. The molecule has 4 rings (SSSR count). The molecule has 176 valence electrons. The summed E-state index contributed by atoms with van der Waals surface area (Å²) < 4.78 is 46.5. The summed E-state index contributed by atoms with van der Waals surface area (Å²) in [6, 6.07) is 13.5. The fourth-order valence-corrected chi connectivity index (χ4v) is 5.50. The van der Waals surface area contributed by atoms with Gasteiger partial charge in [-0.25, -0.2) is 12.8 Å². The number of carbonyl (C=O) groups excluding carboxylic acids is 1. The second kappa shape index (κ2) is 10.3. The molecule has 0 aliphatic heterocycles. The Labute approximate surface area is 201 Å². The summed E-state index contributed by atoms with van der Waals surface area (Å²) >= 11 is 1.36. The van der Waals surface area contributed by atoms with Crippen molar-refractivity contribution < 1.29 is 22.3 Å². The molecule has 1 N–H and O–H groups in total. The molecule has 6 nitrogen and oxygen atoms in total. The topological polar surface area (TPSA) is 85.4 Å². The Morgan fingerprint density at radius 3 is 2.56 bits per heavy atom. The summed E-state index contributed by atoms with van der Waals surface area (Å²) in [7, 11) is -3.90. The van der Waals surface area contributed by atoms with E-state index < -0.39 is 15.7 Å². The van der Waals surface area contributed by atoms with Gasteiger partial charge in [0.25, 0.3) is 5.91 Å². The van der Waals surface area contributed by atoms with Crippen molar-refractivity contribution >= 4 is 37.2 Å². The third-order valence-electron chi connectivity index (χ3n) is 5.20. The number of pyridine rings is 1. The van der Waals surface area contributed by atoms with Crippen LogP contribution in [0.15, 0.2) is 76.8 Å². The van der Waals surface area contributed by atoms with Crippen LogP contribution in [0.5, 0.6) is 5.75 Å². The van der Waals surface area contributed by atoms with Gasteiger partial charge >= 0.3 is 0 Å². The molecule has 0 unspecified atom stereocenters. The molecular formula is C25H23FN2O4S2. The normalized spacial score (nSPS) is 11.5. The van der Waals surface area contributed by atoms with E-state index in [1.807, 2.05) is 19.1 Å². The first kappa shape index (κ1) is 23.8. The number of nitrogens with one attached hydrogen (secondary N) is 1. The number of amides is 1. The zero-order valence-electron chi connectivity index (χ0n) is 18.5. The third kappa shape index (κ3) is 5.26. The fraction of sp³-hybridized carbons (Fsp3) is 0.200. The van der Waals surface area contributed by atoms with Gasteiger partial charge in [-0.15, -0.1) is 11.3 Å². The van der Waals surface area contributed by atoms with Crippen molar-refractivity contribution in [2.75, 3.05) is 6.61 Å². The predicted molar refractivity (Wildman–Crippen MR) is 129 cm³/mol. The van der Waals surface area contributed by atoms with E-state index in [-0.39, 0.29) is 28.0 Å². The first-order valence-corrected chi connectivity index (χ1v) is 13.1. The molecule has 0 saturated heterocycles. The fourth-order valence-electron chi connectivity index (χ4n) is 3.28. The summed E-state index contributed by atoms with van der Waals surface area (Å²) in [6.45, 7) is 2.61. The second-order valence-corrected chi connectivity index (χ2v) is 10.7. The zero-order valence-corrected chi connectivity index (χ0v) is 20.1. The van der Waals surface area contributed by atoms with Crippen molar-refractivity contribution in [2.24, 2.45) is 0 Å². The summed E-state index contributed by atoms with van der Waals surface area (Å²) in [4.78, 5) is 17.0. The highest BCUT2D eigenvalue weighted by Gasteiger charge is 2.20. The van der Waals surface area contributed by atoms with E-state index in [1.165, 1.54) is 35.6 Å². The van der Waals surface area contributed by atoms with Gasteiger partial charge in [-0.1, -0.05) is 25.5 Å². The number of halogens is 1. The molecule has 4 aromatic rings. The highest BCUT2D eigenvalue weighted by Crippen LogP contribution is 2.27. The quantitative estimate of drug-likeness (QED) is 0.313. The molecule has 0 radical (unpaired) electrons.